The molecule has 12 nitrogen and oxygen atoms in total. The van der Waals surface area contributed by atoms with Crippen LogP contribution in [0.4, 0.5) is 0 Å². The van der Waals surface area contributed by atoms with Gasteiger partial charge in [0, 0.05) is 29.9 Å². The second-order valence-corrected chi connectivity index (χ2v) is 9.10. The molecule has 2 rings (SSSR count). The Labute approximate surface area is 214 Å². The number of fused-ring (bicyclic) bond motifs is 1. The van der Waals surface area contributed by atoms with Gasteiger partial charge in [0.2, 0.25) is 17.7 Å². The van der Waals surface area contributed by atoms with E-state index in [9.17, 15) is 29.1 Å². The third kappa shape index (κ3) is 8.31. The topological polar surface area (TPSA) is 204 Å². The maximum absolute atomic E-state index is 13.1. The third-order valence-electron chi connectivity index (χ3n) is 6.26. The molecule has 1 aromatic heterocycles. The Balaban J connectivity index is 2.07. The fraction of sp³-hybridized carbons (Fsp3) is 0.480. The number of aromatic nitrogens is 1. The number of nitrogens with one attached hydrogen (secondary N) is 4. The van der Waals surface area contributed by atoms with Gasteiger partial charge in [0.15, 0.2) is 0 Å². The molecule has 202 valence electrons. The Morgan fingerprint density at radius 3 is 2.27 bits per heavy atom. The average molecular weight is 518 g/mol. The highest BCUT2D eigenvalue weighted by Gasteiger charge is 2.32. The molecule has 3 amide bonds. The number of H-pyrrole nitrogens is 1. The molecular formula is C25H35N5O7. The van der Waals surface area contributed by atoms with Crippen LogP contribution in [0.1, 0.15) is 45.6 Å². The van der Waals surface area contributed by atoms with Crippen molar-refractivity contribution in [2.45, 2.75) is 70.6 Å². The summed E-state index contributed by atoms with van der Waals surface area (Å²) in [7, 11) is 0. The van der Waals surface area contributed by atoms with Gasteiger partial charge < -0.3 is 36.9 Å². The van der Waals surface area contributed by atoms with Crippen molar-refractivity contribution < 1.29 is 34.2 Å². The number of hydrogen-bond acceptors (Lipinski definition) is 6. The van der Waals surface area contributed by atoms with Gasteiger partial charge in [-0.05, 0) is 30.9 Å². The first kappa shape index (κ1) is 29.3. The van der Waals surface area contributed by atoms with Crippen LogP contribution in [0.15, 0.2) is 30.5 Å². The third-order valence-corrected chi connectivity index (χ3v) is 6.26. The second kappa shape index (κ2) is 13.4. The van der Waals surface area contributed by atoms with Crippen molar-refractivity contribution in [3.05, 3.63) is 36.0 Å². The average Bonchev–Trinajstić information content (AvgIpc) is 3.27. The van der Waals surface area contributed by atoms with Crippen LogP contribution >= 0.6 is 0 Å². The number of carbonyl (C=O) groups is 5. The summed E-state index contributed by atoms with van der Waals surface area (Å²) in [6.07, 6.45) is 1.85. The predicted molar refractivity (Wildman–Crippen MR) is 135 cm³/mol. The lowest BCUT2D eigenvalue weighted by Crippen LogP contribution is -2.58. The molecule has 37 heavy (non-hydrogen) atoms. The fourth-order valence-electron chi connectivity index (χ4n) is 3.76. The molecule has 1 aromatic carbocycles. The van der Waals surface area contributed by atoms with E-state index in [-0.39, 0.29) is 25.2 Å². The zero-order valence-electron chi connectivity index (χ0n) is 21.1. The van der Waals surface area contributed by atoms with Gasteiger partial charge in [-0.15, -0.1) is 0 Å². The van der Waals surface area contributed by atoms with E-state index >= 15 is 0 Å². The maximum atomic E-state index is 13.1. The van der Waals surface area contributed by atoms with E-state index in [0.717, 1.165) is 16.5 Å². The monoisotopic (exact) mass is 517 g/mol. The predicted octanol–water partition coefficient (Wildman–Crippen LogP) is 0.508. The standard InChI is InChI=1S/C25H35N5O7/c1-4-13(2)21(30-22(33)14(3)28-23(34)17(26)9-10-20(31)32)24(35)29-19(25(36)37)11-15-12-27-18-8-6-5-7-16(15)18/h5-8,12-14,17,19,21,27H,4,9-11,26H2,1-3H3,(H,28,34)(H,29,35)(H,30,33)(H,31,32)(H,36,37). The van der Waals surface area contributed by atoms with E-state index in [0.29, 0.717) is 6.42 Å². The summed E-state index contributed by atoms with van der Waals surface area (Å²) < 4.78 is 0. The van der Waals surface area contributed by atoms with Crippen molar-refractivity contribution in [2.24, 2.45) is 11.7 Å². The van der Waals surface area contributed by atoms with E-state index in [2.05, 4.69) is 20.9 Å². The molecule has 0 aliphatic carbocycles. The summed E-state index contributed by atoms with van der Waals surface area (Å²) in [6, 6.07) is 2.94. The van der Waals surface area contributed by atoms with Crippen LogP contribution in [0.5, 0.6) is 0 Å². The molecule has 0 radical (unpaired) electrons. The Kier molecular flexibility index (Phi) is 10.6. The fourth-order valence-corrected chi connectivity index (χ4v) is 3.76. The van der Waals surface area contributed by atoms with Crippen molar-refractivity contribution in [1.29, 1.82) is 0 Å². The van der Waals surface area contributed by atoms with Gasteiger partial charge in [-0.25, -0.2) is 4.79 Å². The summed E-state index contributed by atoms with van der Waals surface area (Å²) in [5.41, 5.74) is 7.25. The maximum Gasteiger partial charge on any atom is 0.326 e. The summed E-state index contributed by atoms with van der Waals surface area (Å²) in [4.78, 5) is 63.8. The number of para-hydroxylation sites is 1. The van der Waals surface area contributed by atoms with Crippen molar-refractivity contribution >= 4 is 40.6 Å². The molecule has 0 saturated heterocycles. The van der Waals surface area contributed by atoms with E-state index in [1.54, 1.807) is 13.1 Å². The number of hydrogen-bond donors (Lipinski definition) is 7. The zero-order valence-corrected chi connectivity index (χ0v) is 21.1. The van der Waals surface area contributed by atoms with Crippen molar-refractivity contribution in [3.63, 3.8) is 0 Å². The number of aliphatic carboxylic acids is 2. The smallest absolute Gasteiger partial charge is 0.326 e. The van der Waals surface area contributed by atoms with Crippen LogP contribution in [0.2, 0.25) is 0 Å². The number of rotatable bonds is 14. The Hall–Kier alpha value is -3.93. The summed E-state index contributed by atoms with van der Waals surface area (Å²) in [6.45, 7) is 4.97. The summed E-state index contributed by atoms with van der Waals surface area (Å²) in [5.74, 6) is -4.68. The van der Waals surface area contributed by atoms with Crippen LogP contribution in [-0.2, 0) is 30.4 Å². The van der Waals surface area contributed by atoms with Gasteiger partial charge >= 0.3 is 11.9 Å². The number of aromatic amines is 1. The molecule has 0 saturated carbocycles. The van der Waals surface area contributed by atoms with Crippen LogP contribution in [0.3, 0.4) is 0 Å². The zero-order chi connectivity index (χ0) is 27.7. The SMILES string of the molecule is CCC(C)C(NC(=O)C(C)NC(=O)C(N)CCC(=O)O)C(=O)NC(Cc1c[nH]c2ccccc12)C(=O)O. The van der Waals surface area contributed by atoms with Crippen LogP contribution < -0.4 is 21.7 Å². The number of nitrogens with two attached hydrogens (primary N) is 1. The van der Waals surface area contributed by atoms with Gasteiger partial charge in [0.05, 0.1) is 6.04 Å². The lowest BCUT2D eigenvalue weighted by atomic mass is 9.97. The van der Waals surface area contributed by atoms with Crippen molar-refractivity contribution in [1.82, 2.24) is 20.9 Å². The normalized spacial score (nSPS) is 15.1. The molecule has 5 unspecified atom stereocenters. The molecule has 5 atom stereocenters. The van der Waals surface area contributed by atoms with Crippen LogP contribution in [0.25, 0.3) is 10.9 Å². The van der Waals surface area contributed by atoms with Gasteiger partial charge in [0.25, 0.3) is 0 Å². The van der Waals surface area contributed by atoms with E-state index in [1.165, 1.54) is 6.92 Å². The molecule has 0 spiro atoms. The minimum absolute atomic E-state index is 0.0347. The van der Waals surface area contributed by atoms with Crippen LogP contribution in [0, 0.1) is 5.92 Å². The van der Waals surface area contributed by atoms with Gasteiger partial charge in [0.1, 0.15) is 18.1 Å². The van der Waals surface area contributed by atoms with Gasteiger partial charge in [-0.2, -0.15) is 0 Å². The molecule has 0 bridgehead atoms. The Bertz CT molecular complexity index is 1130. The quantitative estimate of drug-likeness (QED) is 0.188. The summed E-state index contributed by atoms with van der Waals surface area (Å²) >= 11 is 0. The molecular weight excluding hydrogens is 482 g/mol. The minimum atomic E-state index is -1.24. The minimum Gasteiger partial charge on any atom is -0.481 e. The van der Waals surface area contributed by atoms with E-state index in [1.807, 2.05) is 31.2 Å². The first-order chi connectivity index (χ1) is 17.4. The molecule has 0 aliphatic rings. The second-order valence-electron chi connectivity index (χ2n) is 9.10. The number of carboxylic acid groups (broad SMARTS) is 2. The van der Waals surface area contributed by atoms with Gasteiger partial charge in [-0.1, -0.05) is 38.5 Å². The first-order valence-electron chi connectivity index (χ1n) is 12.1. The summed E-state index contributed by atoms with van der Waals surface area (Å²) in [5, 5.41) is 26.9. The van der Waals surface area contributed by atoms with Gasteiger partial charge in [-0.3, -0.25) is 19.2 Å². The van der Waals surface area contributed by atoms with E-state index < -0.39 is 53.8 Å². The number of benzene rings is 1. The lowest BCUT2D eigenvalue weighted by molar-refractivity contribution is -0.142. The Morgan fingerprint density at radius 1 is 0.973 bits per heavy atom. The molecule has 0 fully saturated rings. The van der Waals surface area contributed by atoms with Crippen molar-refractivity contribution in [2.75, 3.05) is 0 Å². The number of amides is 3. The molecule has 1 heterocycles. The molecule has 12 heteroatoms. The molecule has 2 aromatic rings. The van der Waals surface area contributed by atoms with Crippen molar-refractivity contribution in [3.8, 4) is 0 Å². The number of carboxylic acids is 2. The highest BCUT2D eigenvalue weighted by molar-refractivity contribution is 5.94. The first-order valence-corrected chi connectivity index (χ1v) is 12.1. The molecule has 8 N–H and O–H groups in total. The Morgan fingerprint density at radius 2 is 1.65 bits per heavy atom. The van der Waals surface area contributed by atoms with Crippen LogP contribution in [-0.4, -0.2) is 69.0 Å². The molecule has 0 aliphatic heterocycles. The highest BCUT2D eigenvalue weighted by atomic mass is 16.4. The highest BCUT2D eigenvalue weighted by Crippen LogP contribution is 2.19. The largest absolute Gasteiger partial charge is 0.481 e. The van der Waals surface area contributed by atoms with E-state index in [4.69, 9.17) is 10.8 Å². The number of carbonyl (C=O) groups excluding carboxylic acids is 3. The lowest BCUT2D eigenvalue weighted by Gasteiger charge is -2.27.